The summed E-state index contributed by atoms with van der Waals surface area (Å²) in [5.74, 6) is -0.297. The first-order chi connectivity index (χ1) is 9.01. The van der Waals surface area contributed by atoms with Crippen molar-refractivity contribution < 1.29 is 4.79 Å². The fourth-order valence-corrected chi connectivity index (χ4v) is 2.66. The molecule has 0 aliphatic carbocycles. The average molecular weight is 271 g/mol. The smallest absolute Gasteiger partial charge is 0.227 e. The Morgan fingerprint density at radius 1 is 1.42 bits per heavy atom. The summed E-state index contributed by atoms with van der Waals surface area (Å²) in [5.41, 5.74) is 8.65. The molecule has 0 bridgehead atoms. The minimum Gasteiger partial charge on any atom is -0.369 e. The first-order valence-corrected chi connectivity index (χ1v) is 6.73. The van der Waals surface area contributed by atoms with Crippen molar-refractivity contribution in [1.29, 1.82) is 5.26 Å². The van der Waals surface area contributed by atoms with Crippen LogP contribution in [0.4, 0.5) is 0 Å². The minimum atomic E-state index is -0.420. The zero-order valence-electron chi connectivity index (χ0n) is 10.7. The van der Waals surface area contributed by atoms with Gasteiger partial charge in [-0.2, -0.15) is 5.26 Å². The molecule has 1 aromatic carbocycles. The highest BCUT2D eigenvalue weighted by molar-refractivity contribution is 8.00. The zero-order chi connectivity index (χ0) is 14.0. The van der Waals surface area contributed by atoms with E-state index in [0.717, 1.165) is 22.0 Å². The van der Waals surface area contributed by atoms with E-state index in [1.807, 2.05) is 32.0 Å². The molecule has 2 rings (SSSR count). The fourth-order valence-electron chi connectivity index (χ4n) is 1.96. The van der Waals surface area contributed by atoms with Gasteiger partial charge >= 0.3 is 0 Å². The van der Waals surface area contributed by atoms with E-state index in [1.54, 1.807) is 0 Å². The van der Waals surface area contributed by atoms with Crippen LogP contribution in [-0.4, -0.2) is 16.6 Å². The molecule has 0 fully saturated rings. The van der Waals surface area contributed by atoms with Crippen LogP contribution >= 0.6 is 11.8 Å². The Kier molecular flexibility index (Phi) is 3.72. The maximum atomic E-state index is 10.8. The zero-order valence-corrected chi connectivity index (χ0v) is 11.5. The van der Waals surface area contributed by atoms with Crippen molar-refractivity contribution in [3.63, 3.8) is 0 Å². The molecular formula is C14H13N3OS. The molecule has 0 unspecified atom stereocenters. The largest absolute Gasteiger partial charge is 0.369 e. The van der Waals surface area contributed by atoms with Gasteiger partial charge in [0.15, 0.2) is 0 Å². The highest BCUT2D eigenvalue weighted by Gasteiger charge is 2.10. The highest BCUT2D eigenvalue weighted by atomic mass is 32.2. The van der Waals surface area contributed by atoms with Gasteiger partial charge in [0.05, 0.1) is 16.8 Å². The van der Waals surface area contributed by atoms with E-state index in [1.165, 1.54) is 11.8 Å². The number of fused-ring (bicyclic) bond motifs is 1. The SMILES string of the molecule is Cc1cc(C)c2nc(SCC(N)=O)c(C#N)cc2c1. The fraction of sp³-hybridized carbons (Fsp3) is 0.214. The Balaban J connectivity index is 2.58. The number of nitrogens with two attached hydrogens (primary N) is 1. The van der Waals surface area contributed by atoms with Gasteiger partial charge in [-0.25, -0.2) is 4.98 Å². The monoisotopic (exact) mass is 271 g/mol. The molecule has 0 spiro atoms. The summed E-state index contributed by atoms with van der Waals surface area (Å²) in [6, 6.07) is 7.97. The number of hydrogen-bond acceptors (Lipinski definition) is 4. The molecule has 5 heteroatoms. The molecule has 2 N–H and O–H groups in total. The lowest BCUT2D eigenvalue weighted by Crippen LogP contribution is -2.13. The van der Waals surface area contributed by atoms with Crippen LogP contribution in [-0.2, 0) is 4.79 Å². The number of thioether (sulfide) groups is 1. The van der Waals surface area contributed by atoms with Gasteiger partial charge in [0.2, 0.25) is 5.91 Å². The number of pyridine rings is 1. The predicted molar refractivity (Wildman–Crippen MR) is 75.9 cm³/mol. The van der Waals surface area contributed by atoms with Gasteiger partial charge in [0.25, 0.3) is 0 Å². The van der Waals surface area contributed by atoms with Gasteiger partial charge in [0, 0.05) is 5.39 Å². The molecule has 96 valence electrons. The number of rotatable bonds is 3. The quantitative estimate of drug-likeness (QED) is 0.869. The third-order valence-electron chi connectivity index (χ3n) is 2.69. The lowest BCUT2D eigenvalue weighted by atomic mass is 10.1. The number of nitriles is 1. The number of amides is 1. The van der Waals surface area contributed by atoms with Crippen molar-refractivity contribution in [1.82, 2.24) is 4.98 Å². The van der Waals surface area contributed by atoms with Crippen LogP contribution in [0.2, 0.25) is 0 Å². The van der Waals surface area contributed by atoms with Crippen LogP contribution in [0.1, 0.15) is 16.7 Å². The highest BCUT2D eigenvalue weighted by Crippen LogP contribution is 2.26. The second-order valence-corrected chi connectivity index (χ2v) is 5.33. The average Bonchev–Trinajstić information content (AvgIpc) is 2.35. The number of primary amides is 1. The van der Waals surface area contributed by atoms with E-state index in [0.29, 0.717) is 10.6 Å². The number of carbonyl (C=O) groups is 1. The van der Waals surface area contributed by atoms with Gasteiger partial charge in [-0.1, -0.05) is 23.4 Å². The number of aromatic nitrogens is 1. The Morgan fingerprint density at radius 3 is 2.79 bits per heavy atom. The number of carbonyl (C=O) groups excluding carboxylic acids is 1. The second kappa shape index (κ2) is 5.29. The first kappa shape index (κ1) is 13.4. The molecule has 0 radical (unpaired) electrons. The summed E-state index contributed by atoms with van der Waals surface area (Å²) in [4.78, 5) is 15.3. The lowest BCUT2D eigenvalue weighted by Gasteiger charge is -2.07. The molecule has 1 amide bonds. The number of aryl methyl sites for hydroxylation is 2. The predicted octanol–water partition coefficient (Wildman–Crippen LogP) is 2.30. The number of nitrogens with zero attached hydrogens (tertiary/aromatic N) is 2. The molecule has 1 heterocycles. The normalized spacial score (nSPS) is 10.4. The van der Waals surface area contributed by atoms with Gasteiger partial charge in [-0.15, -0.1) is 0 Å². The van der Waals surface area contributed by atoms with Gasteiger partial charge in [0.1, 0.15) is 11.1 Å². The standard InChI is InChI=1S/C14H13N3OS/c1-8-3-9(2)13-10(4-8)5-11(6-15)14(17-13)19-7-12(16)18/h3-5H,7H2,1-2H3,(H2,16,18). The topological polar surface area (TPSA) is 79.8 Å². The lowest BCUT2D eigenvalue weighted by molar-refractivity contribution is -0.115. The van der Waals surface area contributed by atoms with Crippen molar-refractivity contribution in [3.8, 4) is 6.07 Å². The van der Waals surface area contributed by atoms with Crippen molar-refractivity contribution in [2.75, 3.05) is 5.75 Å². The molecule has 0 saturated carbocycles. The molecular weight excluding hydrogens is 258 g/mol. The third-order valence-corrected chi connectivity index (χ3v) is 3.70. The van der Waals surface area contributed by atoms with Gasteiger partial charge < -0.3 is 5.73 Å². The molecule has 4 nitrogen and oxygen atoms in total. The van der Waals surface area contributed by atoms with E-state index in [9.17, 15) is 4.79 Å². The number of benzene rings is 1. The molecule has 1 aromatic heterocycles. The summed E-state index contributed by atoms with van der Waals surface area (Å²) in [6.07, 6.45) is 0. The molecule has 0 aliphatic rings. The summed E-state index contributed by atoms with van der Waals surface area (Å²) in [6.45, 7) is 3.99. The molecule has 19 heavy (non-hydrogen) atoms. The Labute approximate surface area is 115 Å². The summed E-state index contributed by atoms with van der Waals surface area (Å²) < 4.78 is 0. The summed E-state index contributed by atoms with van der Waals surface area (Å²) in [7, 11) is 0. The minimum absolute atomic E-state index is 0.123. The van der Waals surface area contributed by atoms with E-state index in [-0.39, 0.29) is 5.75 Å². The molecule has 0 atom stereocenters. The molecule has 0 saturated heterocycles. The second-order valence-electron chi connectivity index (χ2n) is 4.36. The van der Waals surface area contributed by atoms with E-state index in [4.69, 9.17) is 11.0 Å². The first-order valence-electron chi connectivity index (χ1n) is 5.74. The van der Waals surface area contributed by atoms with Crippen LogP contribution in [0.5, 0.6) is 0 Å². The van der Waals surface area contributed by atoms with E-state index >= 15 is 0 Å². The van der Waals surface area contributed by atoms with Crippen molar-refractivity contribution in [3.05, 3.63) is 34.9 Å². The summed E-state index contributed by atoms with van der Waals surface area (Å²) in [5, 5.41) is 10.7. The summed E-state index contributed by atoms with van der Waals surface area (Å²) >= 11 is 1.20. The van der Waals surface area contributed by atoms with Crippen LogP contribution < -0.4 is 5.73 Å². The van der Waals surface area contributed by atoms with Crippen LogP contribution in [0.15, 0.2) is 23.2 Å². The van der Waals surface area contributed by atoms with E-state index < -0.39 is 5.91 Å². The Bertz CT molecular complexity index is 704. The van der Waals surface area contributed by atoms with Crippen molar-refractivity contribution in [2.24, 2.45) is 5.73 Å². The molecule has 0 aliphatic heterocycles. The van der Waals surface area contributed by atoms with Crippen LogP contribution in [0.25, 0.3) is 10.9 Å². The van der Waals surface area contributed by atoms with Crippen LogP contribution in [0.3, 0.4) is 0 Å². The van der Waals surface area contributed by atoms with Crippen molar-refractivity contribution >= 4 is 28.6 Å². The van der Waals surface area contributed by atoms with E-state index in [2.05, 4.69) is 11.1 Å². The molecule has 2 aromatic rings. The third kappa shape index (κ3) is 2.85. The Hall–Kier alpha value is -2.06. The maximum Gasteiger partial charge on any atom is 0.227 e. The van der Waals surface area contributed by atoms with Gasteiger partial charge in [-0.3, -0.25) is 4.79 Å². The number of hydrogen-bond donors (Lipinski definition) is 1. The van der Waals surface area contributed by atoms with Crippen molar-refractivity contribution in [2.45, 2.75) is 18.9 Å². The maximum absolute atomic E-state index is 10.8. The Morgan fingerprint density at radius 2 is 2.16 bits per heavy atom. The van der Waals surface area contributed by atoms with Crippen LogP contribution in [0, 0.1) is 25.2 Å². The van der Waals surface area contributed by atoms with Gasteiger partial charge in [-0.05, 0) is 31.5 Å².